The van der Waals surface area contributed by atoms with E-state index in [0.717, 1.165) is 31.6 Å². The molecule has 0 aliphatic carbocycles. The van der Waals surface area contributed by atoms with Gasteiger partial charge in [-0.25, -0.2) is 0 Å². The molecule has 0 spiro atoms. The van der Waals surface area contributed by atoms with Crippen LogP contribution >= 0.6 is 23.2 Å². The highest BCUT2D eigenvalue weighted by Gasteiger charge is 2.22. The summed E-state index contributed by atoms with van der Waals surface area (Å²) in [4.78, 5) is 27.9. The molecule has 0 atom stereocenters. The smallest absolute Gasteiger partial charge is 0.255 e. The Labute approximate surface area is 194 Å². The highest BCUT2D eigenvalue weighted by Crippen LogP contribution is 2.29. The van der Waals surface area contributed by atoms with Gasteiger partial charge in [-0.3, -0.25) is 9.59 Å². The first-order valence-electron chi connectivity index (χ1n) is 10.7. The van der Waals surface area contributed by atoms with Crippen molar-refractivity contribution >= 4 is 46.4 Å². The molecule has 1 aliphatic rings. The van der Waals surface area contributed by atoms with E-state index in [-0.39, 0.29) is 11.8 Å². The van der Waals surface area contributed by atoms with Crippen molar-refractivity contribution in [1.82, 2.24) is 5.32 Å². The number of piperidine rings is 1. The summed E-state index contributed by atoms with van der Waals surface area (Å²) in [5.41, 5.74) is 2.37. The molecule has 0 saturated carbocycles. The molecule has 0 aromatic heterocycles. The normalized spacial score (nSPS) is 14.6. The van der Waals surface area contributed by atoms with Gasteiger partial charge < -0.3 is 15.5 Å². The van der Waals surface area contributed by atoms with Crippen LogP contribution < -0.4 is 15.5 Å². The fourth-order valence-corrected chi connectivity index (χ4v) is 4.13. The van der Waals surface area contributed by atoms with Gasteiger partial charge in [0.05, 0.1) is 5.56 Å². The SMILES string of the molecule is CC(C)CNC(=O)c1cc(NC(=O)c2cc(Cl)cc(Cl)c2)ccc1N1CCC(C)CC1. The van der Waals surface area contributed by atoms with Gasteiger partial charge in [-0.15, -0.1) is 0 Å². The number of amides is 2. The maximum atomic E-state index is 13.0. The van der Waals surface area contributed by atoms with Gasteiger partial charge in [0, 0.05) is 46.6 Å². The van der Waals surface area contributed by atoms with Gasteiger partial charge in [-0.2, -0.15) is 0 Å². The minimum absolute atomic E-state index is 0.135. The third kappa shape index (κ3) is 6.37. The van der Waals surface area contributed by atoms with Crippen LogP contribution in [0.25, 0.3) is 0 Å². The van der Waals surface area contributed by atoms with Gasteiger partial charge in [0.15, 0.2) is 0 Å². The number of carbonyl (C=O) groups excluding carboxylic acids is 2. The molecule has 1 fully saturated rings. The predicted molar refractivity (Wildman–Crippen MR) is 129 cm³/mol. The molecule has 0 bridgehead atoms. The maximum Gasteiger partial charge on any atom is 0.255 e. The molecule has 2 N–H and O–H groups in total. The summed E-state index contributed by atoms with van der Waals surface area (Å²) in [6, 6.07) is 10.2. The second-order valence-electron chi connectivity index (χ2n) is 8.62. The molecule has 7 heteroatoms. The summed E-state index contributed by atoms with van der Waals surface area (Å²) in [7, 11) is 0. The quantitative estimate of drug-likeness (QED) is 0.565. The lowest BCUT2D eigenvalue weighted by Crippen LogP contribution is -2.35. The summed E-state index contributed by atoms with van der Waals surface area (Å²) in [6.45, 7) is 8.79. The monoisotopic (exact) mass is 461 g/mol. The van der Waals surface area contributed by atoms with Gasteiger partial charge in [0.2, 0.25) is 0 Å². The number of nitrogens with one attached hydrogen (secondary N) is 2. The lowest BCUT2D eigenvalue weighted by molar-refractivity contribution is 0.0948. The van der Waals surface area contributed by atoms with Crippen LogP contribution in [0.5, 0.6) is 0 Å². The number of benzene rings is 2. The standard InChI is InChI=1S/C24H29Cl2N3O2/c1-15(2)14-27-24(31)21-13-20(4-5-22(21)29-8-6-16(3)7-9-29)28-23(30)17-10-18(25)12-19(26)11-17/h4-5,10-13,15-16H,6-9,14H2,1-3H3,(H,27,31)(H,28,30). The number of nitrogens with zero attached hydrogens (tertiary/aromatic N) is 1. The Bertz CT molecular complexity index is 934. The third-order valence-corrected chi connectivity index (χ3v) is 5.86. The average Bonchev–Trinajstić information content (AvgIpc) is 2.72. The van der Waals surface area contributed by atoms with Crippen molar-refractivity contribution in [3.8, 4) is 0 Å². The molecule has 0 unspecified atom stereocenters. The van der Waals surface area contributed by atoms with Crippen molar-refractivity contribution in [2.45, 2.75) is 33.6 Å². The molecule has 2 amide bonds. The van der Waals surface area contributed by atoms with Gasteiger partial charge in [0.1, 0.15) is 0 Å². The first-order chi connectivity index (χ1) is 14.7. The molecule has 166 valence electrons. The second-order valence-corrected chi connectivity index (χ2v) is 9.49. The highest BCUT2D eigenvalue weighted by molar-refractivity contribution is 6.35. The summed E-state index contributed by atoms with van der Waals surface area (Å²) in [5.74, 6) is 0.568. The fraction of sp³-hybridized carbons (Fsp3) is 0.417. The Morgan fingerprint density at radius 2 is 1.68 bits per heavy atom. The van der Waals surface area contributed by atoms with Crippen LogP contribution in [-0.4, -0.2) is 31.4 Å². The van der Waals surface area contributed by atoms with E-state index >= 15 is 0 Å². The zero-order valence-electron chi connectivity index (χ0n) is 18.2. The molecule has 1 saturated heterocycles. The van der Waals surface area contributed by atoms with Gasteiger partial charge in [-0.05, 0) is 61.1 Å². The molecule has 31 heavy (non-hydrogen) atoms. The van der Waals surface area contributed by atoms with Crippen LogP contribution in [0.1, 0.15) is 54.3 Å². The lowest BCUT2D eigenvalue weighted by atomic mass is 9.97. The molecular weight excluding hydrogens is 433 g/mol. The predicted octanol–water partition coefficient (Wildman–Crippen LogP) is 5.87. The number of carbonyl (C=O) groups is 2. The summed E-state index contributed by atoms with van der Waals surface area (Å²) < 4.78 is 0. The number of hydrogen-bond acceptors (Lipinski definition) is 3. The van der Waals surface area contributed by atoms with Crippen molar-refractivity contribution in [1.29, 1.82) is 0 Å². The number of anilines is 2. The van der Waals surface area contributed by atoms with Crippen molar-refractivity contribution in [2.24, 2.45) is 11.8 Å². The van der Waals surface area contributed by atoms with Crippen LogP contribution in [-0.2, 0) is 0 Å². The lowest BCUT2D eigenvalue weighted by Gasteiger charge is -2.33. The van der Waals surface area contributed by atoms with Crippen LogP contribution in [0.4, 0.5) is 11.4 Å². The minimum Gasteiger partial charge on any atom is -0.371 e. The van der Waals surface area contributed by atoms with Crippen molar-refractivity contribution < 1.29 is 9.59 Å². The van der Waals surface area contributed by atoms with Crippen LogP contribution in [0.3, 0.4) is 0 Å². The molecule has 1 aliphatic heterocycles. The van der Waals surface area contributed by atoms with E-state index in [9.17, 15) is 9.59 Å². The number of hydrogen-bond donors (Lipinski definition) is 2. The fourth-order valence-electron chi connectivity index (χ4n) is 3.60. The summed E-state index contributed by atoms with van der Waals surface area (Å²) in [6.07, 6.45) is 2.20. The molecule has 2 aromatic carbocycles. The van der Waals surface area contributed by atoms with E-state index < -0.39 is 0 Å². The minimum atomic E-state index is -0.336. The van der Waals surface area contributed by atoms with Crippen LogP contribution in [0.15, 0.2) is 36.4 Å². The Kier molecular flexibility index (Phi) is 7.84. The van der Waals surface area contributed by atoms with E-state index in [1.54, 1.807) is 24.3 Å². The van der Waals surface area contributed by atoms with Gasteiger partial charge in [0.25, 0.3) is 11.8 Å². The Balaban J connectivity index is 1.86. The number of rotatable bonds is 6. The van der Waals surface area contributed by atoms with Crippen LogP contribution in [0.2, 0.25) is 10.0 Å². The van der Waals surface area contributed by atoms with Crippen molar-refractivity contribution in [2.75, 3.05) is 29.9 Å². The largest absolute Gasteiger partial charge is 0.371 e. The van der Waals surface area contributed by atoms with Crippen molar-refractivity contribution in [3.63, 3.8) is 0 Å². The molecule has 0 radical (unpaired) electrons. The summed E-state index contributed by atoms with van der Waals surface area (Å²) >= 11 is 12.0. The van der Waals surface area contributed by atoms with Crippen LogP contribution in [0, 0.1) is 11.8 Å². The van der Waals surface area contributed by atoms with E-state index in [1.807, 2.05) is 12.1 Å². The van der Waals surface area contributed by atoms with E-state index in [4.69, 9.17) is 23.2 Å². The zero-order chi connectivity index (χ0) is 22.5. The average molecular weight is 462 g/mol. The van der Waals surface area contributed by atoms with Gasteiger partial charge >= 0.3 is 0 Å². The summed E-state index contributed by atoms with van der Waals surface area (Å²) in [5, 5.41) is 6.64. The molecule has 5 nitrogen and oxygen atoms in total. The van der Waals surface area contributed by atoms with Crippen molar-refractivity contribution in [3.05, 3.63) is 57.6 Å². The molecule has 3 rings (SSSR count). The van der Waals surface area contributed by atoms with E-state index in [2.05, 4.69) is 36.3 Å². The highest BCUT2D eigenvalue weighted by atomic mass is 35.5. The first kappa shape index (κ1) is 23.4. The second kappa shape index (κ2) is 10.4. The molecule has 1 heterocycles. The Hall–Kier alpha value is -2.24. The Morgan fingerprint density at radius 1 is 1.03 bits per heavy atom. The molecular formula is C24H29Cl2N3O2. The van der Waals surface area contributed by atoms with E-state index in [1.165, 1.54) is 0 Å². The topological polar surface area (TPSA) is 61.4 Å². The zero-order valence-corrected chi connectivity index (χ0v) is 19.7. The number of halogens is 2. The van der Waals surface area contributed by atoms with E-state index in [0.29, 0.717) is 45.2 Å². The maximum absolute atomic E-state index is 13.0. The van der Waals surface area contributed by atoms with Gasteiger partial charge in [-0.1, -0.05) is 44.0 Å². The Morgan fingerprint density at radius 3 is 2.29 bits per heavy atom. The molecule has 2 aromatic rings. The third-order valence-electron chi connectivity index (χ3n) is 5.42. The first-order valence-corrected chi connectivity index (χ1v) is 11.4.